The third-order valence-corrected chi connectivity index (χ3v) is 2.62. The summed E-state index contributed by atoms with van der Waals surface area (Å²) in [6, 6.07) is 10.0. The molecule has 18 heavy (non-hydrogen) atoms. The highest BCUT2D eigenvalue weighted by Crippen LogP contribution is 2.18. The van der Waals surface area contributed by atoms with Crippen LogP contribution in [0, 0.1) is 0 Å². The second-order valence-corrected chi connectivity index (χ2v) is 4.03. The van der Waals surface area contributed by atoms with Gasteiger partial charge in [0.05, 0.1) is 5.69 Å². The fourth-order valence-corrected chi connectivity index (χ4v) is 1.77. The molecule has 0 aliphatic heterocycles. The summed E-state index contributed by atoms with van der Waals surface area (Å²) in [4.78, 5) is 10.3. The topological polar surface area (TPSA) is 71.8 Å². The van der Waals surface area contributed by atoms with E-state index in [0.29, 0.717) is 18.5 Å². The highest BCUT2D eigenvalue weighted by Gasteiger charge is 2.01. The molecule has 2 rings (SSSR count). The molecular weight excluding hydrogens is 226 g/mol. The number of carbonyl (C=O) groups excluding carboxylic acids is 1. The average molecular weight is 241 g/mol. The minimum absolute atomic E-state index is 0.367. The van der Waals surface area contributed by atoms with Gasteiger partial charge in [0.1, 0.15) is 6.29 Å². The van der Waals surface area contributed by atoms with E-state index in [-0.39, 0.29) is 0 Å². The monoisotopic (exact) mass is 241 g/mol. The number of nitrogens with two attached hydrogens (primary N) is 1. The van der Waals surface area contributed by atoms with Crippen molar-refractivity contribution in [2.45, 2.75) is 12.8 Å². The Morgan fingerprint density at radius 2 is 2.28 bits per heavy atom. The van der Waals surface area contributed by atoms with Gasteiger partial charge in [-0.1, -0.05) is 24.3 Å². The summed E-state index contributed by atoms with van der Waals surface area (Å²) in [7, 11) is 0. The standard InChI is InChI=1S/C14H15N3O/c15-13(5-2-8-18)10-11-3-1-4-12(9-11)14-6-7-16-17-14/h1,3-9H,2,10,15H2,(H,16,17)/b13-5+. The summed E-state index contributed by atoms with van der Waals surface area (Å²) in [6.07, 6.45) is 5.33. The first kappa shape index (κ1) is 12.1. The van der Waals surface area contributed by atoms with Crippen LogP contribution in [0.15, 0.2) is 48.3 Å². The molecule has 0 fully saturated rings. The number of aromatic nitrogens is 2. The zero-order valence-electron chi connectivity index (χ0n) is 9.97. The first-order valence-electron chi connectivity index (χ1n) is 5.76. The molecule has 0 radical (unpaired) electrons. The predicted octanol–water partition coefficient (Wildman–Crippen LogP) is 2.05. The van der Waals surface area contributed by atoms with Crippen molar-refractivity contribution in [2.75, 3.05) is 0 Å². The zero-order chi connectivity index (χ0) is 12.8. The smallest absolute Gasteiger partial charge is 0.123 e. The quantitative estimate of drug-likeness (QED) is 0.787. The Bertz CT molecular complexity index is 544. The predicted molar refractivity (Wildman–Crippen MR) is 70.7 cm³/mol. The van der Waals surface area contributed by atoms with Gasteiger partial charge in [-0.2, -0.15) is 5.10 Å². The molecule has 92 valence electrons. The SMILES string of the molecule is N/C(=C/CC=O)Cc1cccc(-c2ccn[nH]2)c1. The van der Waals surface area contributed by atoms with Gasteiger partial charge >= 0.3 is 0 Å². The second-order valence-electron chi connectivity index (χ2n) is 4.03. The number of rotatable bonds is 5. The summed E-state index contributed by atoms with van der Waals surface area (Å²) in [5, 5.41) is 6.86. The van der Waals surface area contributed by atoms with Crippen LogP contribution in [0.3, 0.4) is 0 Å². The van der Waals surface area contributed by atoms with E-state index >= 15 is 0 Å². The molecule has 1 heterocycles. The van der Waals surface area contributed by atoms with Crippen LogP contribution >= 0.6 is 0 Å². The lowest BCUT2D eigenvalue weighted by molar-refractivity contribution is -0.107. The molecule has 3 N–H and O–H groups in total. The van der Waals surface area contributed by atoms with Crippen molar-refractivity contribution < 1.29 is 4.79 Å². The number of hydrogen-bond donors (Lipinski definition) is 2. The lowest BCUT2D eigenvalue weighted by atomic mass is 10.0. The number of aromatic amines is 1. The van der Waals surface area contributed by atoms with Crippen LogP contribution in [0.5, 0.6) is 0 Å². The molecule has 0 amide bonds. The number of aldehydes is 1. The van der Waals surface area contributed by atoms with Crippen LogP contribution in [-0.4, -0.2) is 16.5 Å². The molecule has 4 nitrogen and oxygen atoms in total. The fraction of sp³-hybridized carbons (Fsp3) is 0.143. The largest absolute Gasteiger partial charge is 0.402 e. The van der Waals surface area contributed by atoms with Crippen molar-refractivity contribution in [3.8, 4) is 11.3 Å². The van der Waals surface area contributed by atoms with Gasteiger partial charge in [-0.3, -0.25) is 5.10 Å². The fourth-order valence-electron chi connectivity index (χ4n) is 1.77. The van der Waals surface area contributed by atoms with Gasteiger partial charge < -0.3 is 10.5 Å². The van der Waals surface area contributed by atoms with Crippen molar-refractivity contribution in [2.24, 2.45) is 5.73 Å². The molecular formula is C14H15N3O. The van der Waals surface area contributed by atoms with E-state index in [1.807, 2.05) is 24.3 Å². The Labute approximate surface area is 106 Å². The van der Waals surface area contributed by atoms with E-state index in [4.69, 9.17) is 5.73 Å². The highest BCUT2D eigenvalue weighted by atomic mass is 16.1. The van der Waals surface area contributed by atoms with Crippen molar-refractivity contribution in [1.82, 2.24) is 10.2 Å². The third kappa shape index (κ3) is 3.07. The minimum Gasteiger partial charge on any atom is -0.402 e. The number of carbonyl (C=O) groups is 1. The Kier molecular flexibility index (Phi) is 3.91. The maximum absolute atomic E-state index is 10.3. The van der Waals surface area contributed by atoms with Crippen LogP contribution in [0.1, 0.15) is 12.0 Å². The first-order valence-corrected chi connectivity index (χ1v) is 5.76. The van der Waals surface area contributed by atoms with E-state index in [1.165, 1.54) is 0 Å². The van der Waals surface area contributed by atoms with Crippen LogP contribution < -0.4 is 5.73 Å². The normalized spacial score (nSPS) is 11.4. The molecule has 1 aromatic carbocycles. The summed E-state index contributed by atoms with van der Waals surface area (Å²) >= 11 is 0. The Morgan fingerprint density at radius 1 is 1.39 bits per heavy atom. The second kappa shape index (κ2) is 5.82. The van der Waals surface area contributed by atoms with Gasteiger partial charge in [-0.05, 0) is 23.3 Å². The van der Waals surface area contributed by atoms with Crippen LogP contribution in [0.25, 0.3) is 11.3 Å². The van der Waals surface area contributed by atoms with Crippen molar-refractivity contribution >= 4 is 6.29 Å². The van der Waals surface area contributed by atoms with E-state index in [2.05, 4.69) is 16.3 Å². The Balaban J connectivity index is 2.15. The average Bonchev–Trinajstić information content (AvgIpc) is 2.90. The Morgan fingerprint density at radius 3 is 3.00 bits per heavy atom. The summed E-state index contributed by atoms with van der Waals surface area (Å²) in [6.45, 7) is 0. The molecule has 0 spiro atoms. The third-order valence-electron chi connectivity index (χ3n) is 2.62. The van der Waals surface area contributed by atoms with Gasteiger partial charge in [0.15, 0.2) is 0 Å². The summed E-state index contributed by atoms with van der Waals surface area (Å²) in [5.41, 5.74) is 9.72. The maximum Gasteiger partial charge on any atom is 0.123 e. The molecule has 2 aromatic rings. The van der Waals surface area contributed by atoms with Gasteiger partial charge in [0.25, 0.3) is 0 Å². The van der Waals surface area contributed by atoms with Crippen molar-refractivity contribution in [3.63, 3.8) is 0 Å². The van der Waals surface area contributed by atoms with Crippen molar-refractivity contribution in [3.05, 3.63) is 53.9 Å². The van der Waals surface area contributed by atoms with Gasteiger partial charge in [0.2, 0.25) is 0 Å². The van der Waals surface area contributed by atoms with Gasteiger partial charge in [0, 0.05) is 24.7 Å². The van der Waals surface area contributed by atoms with Crippen LogP contribution in [0.4, 0.5) is 0 Å². The summed E-state index contributed by atoms with van der Waals surface area (Å²) < 4.78 is 0. The number of hydrogen-bond acceptors (Lipinski definition) is 3. The van der Waals surface area contributed by atoms with E-state index < -0.39 is 0 Å². The van der Waals surface area contributed by atoms with E-state index in [1.54, 1.807) is 12.3 Å². The number of allylic oxidation sites excluding steroid dienone is 2. The zero-order valence-corrected chi connectivity index (χ0v) is 9.97. The first-order chi connectivity index (χ1) is 8.79. The number of nitrogens with one attached hydrogen (secondary N) is 1. The highest BCUT2D eigenvalue weighted by molar-refractivity contribution is 5.59. The lowest BCUT2D eigenvalue weighted by Gasteiger charge is -2.04. The molecule has 0 bridgehead atoms. The molecule has 0 saturated heterocycles. The minimum atomic E-state index is 0.367. The molecule has 0 aliphatic carbocycles. The van der Waals surface area contributed by atoms with E-state index in [0.717, 1.165) is 23.1 Å². The molecule has 4 heteroatoms. The Hall–Kier alpha value is -2.36. The number of benzene rings is 1. The number of nitrogens with zero attached hydrogens (tertiary/aromatic N) is 1. The van der Waals surface area contributed by atoms with E-state index in [9.17, 15) is 4.79 Å². The van der Waals surface area contributed by atoms with Gasteiger partial charge in [-0.25, -0.2) is 0 Å². The maximum atomic E-state index is 10.3. The molecule has 0 aliphatic rings. The molecule has 0 unspecified atom stereocenters. The summed E-state index contributed by atoms with van der Waals surface area (Å²) in [5.74, 6) is 0. The van der Waals surface area contributed by atoms with Crippen LogP contribution in [-0.2, 0) is 11.2 Å². The lowest BCUT2D eigenvalue weighted by Crippen LogP contribution is -2.01. The molecule has 0 atom stereocenters. The van der Waals surface area contributed by atoms with Gasteiger partial charge in [-0.15, -0.1) is 0 Å². The number of H-pyrrole nitrogens is 1. The molecule has 0 saturated carbocycles. The molecule has 1 aromatic heterocycles. The van der Waals surface area contributed by atoms with Crippen molar-refractivity contribution in [1.29, 1.82) is 0 Å². The van der Waals surface area contributed by atoms with Crippen LogP contribution in [0.2, 0.25) is 0 Å².